The van der Waals surface area contributed by atoms with E-state index in [1.807, 2.05) is 6.92 Å². The van der Waals surface area contributed by atoms with Crippen LogP contribution in [-0.4, -0.2) is 37.1 Å². The molecule has 0 aromatic rings. The Morgan fingerprint density at radius 2 is 2.00 bits per heavy atom. The molecule has 0 spiro atoms. The molecule has 2 unspecified atom stereocenters. The van der Waals surface area contributed by atoms with Crippen molar-refractivity contribution >= 4 is 0 Å². The Morgan fingerprint density at radius 3 is 2.56 bits per heavy atom. The molecular weight excluding hydrogens is 228 g/mol. The van der Waals surface area contributed by atoms with Crippen LogP contribution in [0.2, 0.25) is 0 Å². The average molecular weight is 258 g/mol. The molecule has 108 valence electrons. The molecule has 0 aromatic carbocycles. The second-order valence-electron chi connectivity index (χ2n) is 5.73. The van der Waals surface area contributed by atoms with Crippen LogP contribution in [0.3, 0.4) is 0 Å². The predicted octanol–water partition coefficient (Wildman–Crippen LogP) is 3.15. The first-order chi connectivity index (χ1) is 8.62. The van der Waals surface area contributed by atoms with Gasteiger partial charge in [0.2, 0.25) is 0 Å². The van der Waals surface area contributed by atoms with Gasteiger partial charge in [-0.25, -0.2) is 0 Å². The third-order valence-corrected chi connectivity index (χ3v) is 4.55. The summed E-state index contributed by atoms with van der Waals surface area (Å²) in [6.07, 6.45) is 7.38. The smallest absolute Gasteiger partial charge is 0.0905 e. The first-order valence-corrected chi connectivity index (χ1v) is 7.43. The summed E-state index contributed by atoms with van der Waals surface area (Å²) < 4.78 is 10.8. The molecule has 1 heterocycles. The standard InChI is InChI=1S/C15H30O3/c1-4-15(2,17-3)14(16)8-6-5-7-13-9-11-18-12-10-13/h13-14,16H,4-12H2,1-3H3. The van der Waals surface area contributed by atoms with Crippen molar-refractivity contribution in [1.29, 1.82) is 0 Å². The second-order valence-corrected chi connectivity index (χ2v) is 5.73. The zero-order valence-corrected chi connectivity index (χ0v) is 12.3. The molecule has 0 bridgehead atoms. The molecule has 1 N–H and O–H groups in total. The van der Waals surface area contributed by atoms with Crippen LogP contribution in [0, 0.1) is 5.92 Å². The maximum atomic E-state index is 10.2. The molecule has 0 amide bonds. The quantitative estimate of drug-likeness (QED) is 0.680. The van der Waals surface area contributed by atoms with Gasteiger partial charge in [-0.2, -0.15) is 0 Å². The Kier molecular flexibility index (Phi) is 7.20. The van der Waals surface area contributed by atoms with Gasteiger partial charge >= 0.3 is 0 Å². The van der Waals surface area contributed by atoms with Crippen molar-refractivity contribution in [3.8, 4) is 0 Å². The van der Waals surface area contributed by atoms with Crippen LogP contribution in [-0.2, 0) is 9.47 Å². The number of methoxy groups -OCH3 is 1. The highest BCUT2D eigenvalue weighted by Crippen LogP contribution is 2.25. The van der Waals surface area contributed by atoms with Gasteiger partial charge in [-0.05, 0) is 38.5 Å². The van der Waals surface area contributed by atoms with E-state index in [9.17, 15) is 5.11 Å². The number of hydrogen-bond acceptors (Lipinski definition) is 3. The van der Waals surface area contributed by atoms with Gasteiger partial charge < -0.3 is 14.6 Å². The molecular formula is C15H30O3. The number of rotatable bonds is 8. The maximum Gasteiger partial charge on any atom is 0.0905 e. The van der Waals surface area contributed by atoms with Crippen molar-refractivity contribution in [2.24, 2.45) is 5.92 Å². The molecule has 0 radical (unpaired) electrons. The van der Waals surface area contributed by atoms with E-state index in [2.05, 4.69) is 6.92 Å². The summed E-state index contributed by atoms with van der Waals surface area (Å²) in [6.45, 7) is 5.93. The molecule has 0 saturated carbocycles. The normalized spacial score (nSPS) is 22.7. The van der Waals surface area contributed by atoms with Crippen molar-refractivity contribution in [1.82, 2.24) is 0 Å². The Hall–Kier alpha value is -0.120. The summed E-state index contributed by atoms with van der Waals surface area (Å²) in [4.78, 5) is 0. The molecule has 0 aromatic heterocycles. The fraction of sp³-hybridized carbons (Fsp3) is 1.00. The third-order valence-electron chi connectivity index (χ3n) is 4.55. The summed E-state index contributed by atoms with van der Waals surface area (Å²) in [5.41, 5.74) is -0.376. The zero-order chi connectivity index (χ0) is 13.4. The SMILES string of the molecule is CCC(C)(OC)C(O)CCCCC1CCOCC1. The minimum absolute atomic E-state index is 0.345. The van der Waals surface area contributed by atoms with Gasteiger partial charge in [0, 0.05) is 20.3 Å². The Balaban J connectivity index is 2.12. The monoisotopic (exact) mass is 258 g/mol. The Bertz CT molecular complexity index is 208. The average Bonchev–Trinajstić information content (AvgIpc) is 2.43. The van der Waals surface area contributed by atoms with E-state index in [0.29, 0.717) is 0 Å². The van der Waals surface area contributed by atoms with E-state index in [4.69, 9.17) is 9.47 Å². The first kappa shape index (κ1) is 15.9. The summed E-state index contributed by atoms with van der Waals surface area (Å²) in [6, 6.07) is 0. The minimum atomic E-state index is -0.376. The van der Waals surface area contributed by atoms with Crippen LogP contribution < -0.4 is 0 Å². The number of aliphatic hydroxyl groups excluding tert-OH is 1. The van der Waals surface area contributed by atoms with E-state index in [-0.39, 0.29) is 11.7 Å². The van der Waals surface area contributed by atoms with Crippen LogP contribution in [0.5, 0.6) is 0 Å². The molecule has 1 aliphatic rings. The molecule has 18 heavy (non-hydrogen) atoms. The van der Waals surface area contributed by atoms with Crippen LogP contribution in [0.25, 0.3) is 0 Å². The molecule has 0 aliphatic carbocycles. The Labute approximate surface area is 112 Å². The zero-order valence-electron chi connectivity index (χ0n) is 12.3. The Morgan fingerprint density at radius 1 is 1.33 bits per heavy atom. The van der Waals surface area contributed by atoms with Crippen molar-refractivity contribution < 1.29 is 14.6 Å². The molecule has 3 nitrogen and oxygen atoms in total. The lowest BCUT2D eigenvalue weighted by Gasteiger charge is -2.32. The number of aliphatic hydroxyl groups is 1. The summed E-state index contributed by atoms with van der Waals surface area (Å²) in [5, 5.41) is 10.2. The summed E-state index contributed by atoms with van der Waals surface area (Å²) >= 11 is 0. The highest BCUT2D eigenvalue weighted by atomic mass is 16.5. The third kappa shape index (κ3) is 4.87. The maximum absolute atomic E-state index is 10.2. The van der Waals surface area contributed by atoms with E-state index < -0.39 is 0 Å². The van der Waals surface area contributed by atoms with Crippen molar-refractivity contribution in [3.63, 3.8) is 0 Å². The molecule has 1 saturated heterocycles. The molecule has 1 fully saturated rings. The van der Waals surface area contributed by atoms with E-state index in [1.165, 1.54) is 25.7 Å². The lowest BCUT2D eigenvalue weighted by atomic mass is 9.89. The van der Waals surface area contributed by atoms with Crippen LogP contribution in [0.4, 0.5) is 0 Å². The second kappa shape index (κ2) is 8.13. The van der Waals surface area contributed by atoms with Gasteiger partial charge in [0.15, 0.2) is 0 Å². The summed E-state index contributed by atoms with van der Waals surface area (Å²) in [7, 11) is 1.69. The van der Waals surface area contributed by atoms with Crippen LogP contribution in [0.1, 0.15) is 58.8 Å². The number of ether oxygens (including phenoxy) is 2. The lowest BCUT2D eigenvalue weighted by molar-refractivity contribution is -0.0955. The highest BCUT2D eigenvalue weighted by Gasteiger charge is 2.30. The van der Waals surface area contributed by atoms with Crippen LogP contribution in [0.15, 0.2) is 0 Å². The van der Waals surface area contributed by atoms with Crippen molar-refractivity contribution in [3.05, 3.63) is 0 Å². The fourth-order valence-corrected chi connectivity index (χ4v) is 2.63. The first-order valence-electron chi connectivity index (χ1n) is 7.43. The molecule has 2 atom stereocenters. The van der Waals surface area contributed by atoms with Gasteiger partial charge in [-0.1, -0.05) is 26.2 Å². The van der Waals surface area contributed by atoms with Crippen molar-refractivity contribution in [2.45, 2.75) is 70.5 Å². The van der Waals surface area contributed by atoms with Gasteiger partial charge in [0.25, 0.3) is 0 Å². The van der Waals surface area contributed by atoms with Gasteiger partial charge in [0.1, 0.15) is 0 Å². The summed E-state index contributed by atoms with van der Waals surface area (Å²) in [5.74, 6) is 0.843. The number of unbranched alkanes of at least 4 members (excludes halogenated alkanes) is 1. The molecule has 3 heteroatoms. The van der Waals surface area contributed by atoms with E-state index >= 15 is 0 Å². The topological polar surface area (TPSA) is 38.7 Å². The van der Waals surface area contributed by atoms with Gasteiger partial charge in [-0.15, -0.1) is 0 Å². The van der Waals surface area contributed by atoms with Gasteiger partial charge in [0.05, 0.1) is 11.7 Å². The largest absolute Gasteiger partial charge is 0.390 e. The predicted molar refractivity (Wildman–Crippen MR) is 73.7 cm³/mol. The van der Waals surface area contributed by atoms with Crippen molar-refractivity contribution in [2.75, 3.05) is 20.3 Å². The molecule has 1 aliphatic heterocycles. The molecule has 1 rings (SSSR count). The van der Waals surface area contributed by atoms with Gasteiger partial charge in [-0.3, -0.25) is 0 Å². The van der Waals surface area contributed by atoms with Crippen LogP contribution >= 0.6 is 0 Å². The highest BCUT2D eigenvalue weighted by molar-refractivity contribution is 4.82. The van der Waals surface area contributed by atoms with E-state index in [0.717, 1.165) is 38.4 Å². The lowest BCUT2D eigenvalue weighted by Crippen LogP contribution is -2.40. The number of hydrogen-bond donors (Lipinski definition) is 1. The minimum Gasteiger partial charge on any atom is -0.390 e. The fourth-order valence-electron chi connectivity index (χ4n) is 2.63. The van der Waals surface area contributed by atoms with E-state index in [1.54, 1.807) is 7.11 Å².